The summed E-state index contributed by atoms with van der Waals surface area (Å²) in [5.74, 6) is -3.91. The highest BCUT2D eigenvalue weighted by Crippen LogP contribution is 2.45. The van der Waals surface area contributed by atoms with Crippen molar-refractivity contribution in [3.63, 3.8) is 0 Å². The van der Waals surface area contributed by atoms with E-state index in [4.69, 9.17) is 23.7 Å². The van der Waals surface area contributed by atoms with E-state index < -0.39 is 33.4 Å². The average Bonchev–Trinajstić information content (AvgIpc) is 3.90. The summed E-state index contributed by atoms with van der Waals surface area (Å²) in [6.07, 6.45) is 2.45. The summed E-state index contributed by atoms with van der Waals surface area (Å²) in [4.78, 5) is 35.8. The fourth-order valence-corrected chi connectivity index (χ4v) is 6.65. The van der Waals surface area contributed by atoms with Crippen molar-refractivity contribution in [3.05, 3.63) is 106 Å². The molecule has 1 saturated carbocycles. The number of ether oxygens (including phenoxy) is 3. The smallest absolute Gasteiger partial charge is 0.371 e. The third-order valence-corrected chi connectivity index (χ3v) is 9.49. The number of carbonyl (C=O) groups is 3. The first-order valence-electron chi connectivity index (χ1n) is 16.5. The van der Waals surface area contributed by atoms with Crippen LogP contribution in [0.25, 0.3) is 22.3 Å². The Morgan fingerprint density at radius 2 is 1.63 bits per heavy atom. The number of nitrogens with one attached hydrogen (secondary N) is 2. The number of halogens is 1. The van der Waals surface area contributed by atoms with E-state index in [1.54, 1.807) is 18.2 Å². The summed E-state index contributed by atoms with van der Waals surface area (Å²) in [7, 11) is -2.25. The van der Waals surface area contributed by atoms with Crippen LogP contribution in [0, 0.1) is 5.82 Å². The van der Waals surface area contributed by atoms with Crippen LogP contribution >= 0.6 is 0 Å². The third kappa shape index (κ3) is 10.3. The summed E-state index contributed by atoms with van der Waals surface area (Å²) in [5.41, 5.74) is 3.50. The van der Waals surface area contributed by atoms with E-state index in [0.29, 0.717) is 39.3 Å². The number of furan rings is 1. The van der Waals surface area contributed by atoms with Crippen molar-refractivity contribution >= 4 is 38.7 Å². The summed E-state index contributed by atoms with van der Waals surface area (Å²) >= 11 is 0. The molecule has 4 aromatic rings. The van der Waals surface area contributed by atoms with Crippen LogP contribution < -0.4 is 10.0 Å². The van der Waals surface area contributed by atoms with Crippen LogP contribution in [0.3, 0.4) is 0 Å². The zero-order valence-corrected chi connectivity index (χ0v) is 29.2. The van der Waals surface area contributed by atoms with Gasteiger partial charge < -0.3 is 34.2 Å². The minimum atomic E-state index is -3.76. The lowest BCUT2D eigenvalue weighted by atomic mass is 9.98. The number of hydrogen-bond donors (Lipinski definition) is 4. The van der Waals surface area contributed by atoms with Crippen molar-refractivity contribution in [2.24, 2.45) is 0 Å². The van der Waals surface area contributed by atoms with Crippen molar-refractivity contribution in [3.8, 4) is 11.3 Å². The predicted molar refractivity (Wildman–Crippen MR) is 188 cm³/mol. The van der Waals surface area contributed by atoms with Crippen LogP contribution in [0.15, 0.2) is 76.9 Å². The van der Waals surface area contributed by atoms with Gasteiger partial charge in [-0.1, -0.05) is 18.2 Å². The average molecular weight is 739 g/mol. The number of aliphatic hydroxyl groups is 1. The third-order valence-electron chi connectivity index (χ3n) is 8.15. The van der Waals surface area contributed by atoms with Gasteiger partial charge in [-0.2, -0.15) is 0 Å². The lowest BCUT2D eigenvalue weighted by molar-refractivity contribution is -0.135. The normalized spacial score (nSPS) is 13.4. The molecule has 15 heteroatoms. The maximum Gasteiger partial charge on any atom is 0.371 e. The molecule has 0 radical (unpaired) electrons. The Balaban J connectivity index is 1.05. The van der Waals surface area contributed by atoms with Crippen molar-refractivity contribution < 1.29 is 56.0 Å². The monoisotopic (exact) mass is 738 g/mol. The number of aliphatic hydroxyl groups excluding tert-OH is 1. The molecule has 276 valence electrons. The van der Waals surface area contributed by atoms with E-state index in [2.05, 4.69) is 10.0 Å². The van der Waals surface area contributed by atoms with Gasteiger partial charge in [-0.25, -0.2) is 22.3 Å². The number of fused-ring (bicyclic) bond motifs is 1. The van der Waals surface area contributed by atoms with Crippen LogP contribution in [0.2, 0.25) is 0 Å². The molecule has 0 spiro atoms. The van der Waals surface area contributed by atoms with Crippen LogP contribution in [0.1, 0.15) is 56.2 Å². The molecule has 3 aromatic carbocycles. The van der Waals surface area contributed by atoms with Gasteiger partial charge in [0.25, 0.3) is 5.91 Å². The van der Waals surface area contributed by atoms with E-state index in [1.165, 1.54) is 43.4 Å². The Bertz CT molecular complexity index is 2060. The highest BCUT2D eigenvalue weighted by Gasteiger charge is 2.31. The van der Waals surface area contributed by atoms with E-state index in [1.807, 2.05) is 6.07 Å². The van der Waals surface area contributed by atoms with Gasteiger partial charge in [0, 0.05) is 36.2 Å². The number of hydrogen-bond acceptors (Lipinski definition) is 10. The number of allylic oxidation sites excluding steroid dienone is 1. The highest BCUT2D eigenvalue weighted by molar-refractivity contribution is 7.88. The molecule has 0 bridgehead atoms. The topological polar surface area (TPSA) is 191 Å². The maximum atomic E-state index is 13.6. The quantitative estimate of drug-likeness (QED) is 0.0420. The van der Waals surface area contributed by atoms with Crippen LogP contribution in [0.5, 0.6) is 0 Å². The Labute approximate surface area is 299 Å². The van der Waals surface area contributed by atoms with Gasteiger partial charge in [0.1, 0.15) is 17.2 Å². The fourth-order valence-electron chi connectivity index (χ4n) is 5.49. The maximum absolute atomic E-state index is 13.6. The summed E-state index contributed by atoms with van der Waals surface area (Å²) in [6.45, 7) is 1.36. The standard InChI is InChI=1S/C37H39FN2O11S/c1-39-36(43)34-30-19-29(24-5-6-24)27(18-33(30)51-35(34)25-7-9-28(38)10-8-25)22-52(46,47)40-11-12-48-13-14-49-15-16-50-21-23-3-2-4-26(17-23)31(41)20-32(42)37(44)45/h2-4,7-10,17-20,24,40,42H,5-6,11-16,21-22H2,1H3,(H,39,43)(H,44,45)/b32-20-. The zero-order valence-electron chi connectivity index (χ0n) is 28.4. The Kier molecular flexibility index (Phi) is 12.9. The number of rotatable bonds is 20. The first kappa shape index (κ1) is 38.3. The number of benzene rings is 3. The summed E-state index contributed by atoms with van der Waals surface area (Å²) < 4.78 is 65.0. The Morgan fingerprint density at radius 1 is 0.942 bits per heavy atom. The van der Waals surface area contributed by atoms with E-state index in [-0.39, 0.29) is 75.1 Å². The van der Waals surface area contributed by atoms with Crippen molar-refractivity contribution in [1.82, 2.24) is 10.0 Å². The minimum absolute atomic E-state index is 0.0516. The second kappa shape index (κ2) is 17.5. The van der Waals surface area contributed by atoms with Gasteiger partial charge in [-0.05, 0) is 77.9 Å². The van der Waals surface area contributed by atoms with Gasteiger partial charge in [0.15, 0.2) is 5.78 Å². The molecule has 1 aliphatic carbocycles. The number of sulfonamides is 1. The Morgan fingerprint density at radius 3 is 2.31 bits per heavy atom. The van der Waals surface area contributed by atoms with Gasteiger partial charge in [0.2, 0.25) is 15.8 Å². The van der Waals surface area contributed by atoms with Crippen LogP contribution in [0.4, 0.5) is 4.39 Å². The molecule has 1 fully saturated rings. The van der Waals surface area contributed by atoms with Gasteiger partial charge >= 0.3 is 5.97 Å². The predicted octanol–water partition coefficient (Wildman–Crippen LogP) is 4.85. The van der Waals surface area contributed by atoms with Gasteiger partial charge in [-0.3, -0.25) is 9.59 Å². The first-order chi connectivity index (χ1) is 25.0. The molecule has 52 heavy (non-hydrogen) atoms. The summed E-state index contributed by atoms with van der Waals surface area (Å²) in [6, 6.07) is 15.5. The first-order valence-corrected chi connectivity index (χ1v) is 18.2. The number of carbonyl (C=O) groups excluding carboxylic acids is 2. The molecule has 1 aliphatic rings. The molecule has 0 aliphatic heterocycles. The van der Waals surface area contributed by atoms with Gasteiger partial charge in [-0.15, -0.1) is 0 Å². The largest absolute Gasteiger partial charge is 0.502 e. The summed E-state index contributed by atoms with van der Waals surface area (Å²) in [5, 5.41) is 21.2. The molecule has 5 rings (SSSR count). The second-order valence-corrected chi connectivity index (χ2v) is 13.9. The lowest BCUT2D eigenvalue weighted by Gasteiger charge is -2.12. The highest BCUT2D eigenvalue weighted by atomic mass is 32.2. The number of carboxylic acid groups (broad SMARTS) is 1. The number of ketones is 1. The van der Waals surface area contributed by atoms with E-state index in [0.717, 1.165) is 18.4 Å². The zero-order chi connectivity index (χ0) is 37.3. The fraction of sp³-hybridized carbons (Fsp3) is 0.324. The lowest BCUT2D eigenvalue weighted by Crippen LogP contribution is -2.29. The molecule has 1 amide bonds. The van der Waals surface area contributed by atoms with Crippen molar-refractivity contribution in [2.45, 2.75) is 31.1 Å². The van der Waals surface area contributed by atoms with E-state index in [9.17, 15) is 32.3 Å². The second-order valence-electron chi connectivity index (χ2n) is 12.0. The number of amides is 1. The molecule has 0 atom stereocenters. The van der Waals surface area contributed by atoms with Gasteiger partial charge in [0.05, 0.1) is 51.0 Å². The van der Waals surface area contributed by atoms with Crippen molar-refractivity contribution in [1.29, 1.82) is 0 Å². The SMILES string of the molecule is CNC(=O)c1c(-c2ccc(F)cc2)oc2cc(CS(=O)(=O)NCCOCCOCCOCc3cccc(C(=O)/C=C(\O)C(=O)O)c3)c(C3CC3)cc12. The molecule has 1 aromatic heterocycles. The molecular formula is C37H39FN2O11S. The van der Waals surface area contributed by atoms with E-state index >= 15 is 0 Å². The van der Waals surface area contributed by atoms with Crippen LogP contribution in [-0.2, 0) is 41.4 Å². The number of carboxylic acids is 1. The molecule has 0 unspecified atom stereocenters. The van der Waals surface area contributed by atoms with Crippen molar-refractivity contribution in [2.75, 3.05) is 46.6 Å². The molecule has 13 nitrogen and oxygen atoms in total. The number of aliphatic carboxylic acids is 1. The molecule has 4 N–H and O–H groups in total. The minimum Gasteiger partial charge on any atom is -0.502 e. The molecule has 1 heterocycles. The Hall–Kier alpha value is -4.93. The molecule has 0 saturated heterocycles. The molecular weight excluding hydrogens is 699 g/mol. The van der Waals surface area contributed by atoms with Crippen LogP contribution in [-0.4, -0.2) is 82.9 Å².